The Hall–Kier alpha value is -1.89. The highest BCUT2D eigenvalue weighted by Gasteiger charge is 2.24. The van der Waals surface area contributed by atoms with E-state index in [4.69, 9.17) is 5.11 Å². The molecule has 1 aliphatic heterocycles. The molecule has 1 saturated heterocycles. The SMILES string of the molecule is CC(C)C.CC(C)N1CCCCC1.CCN(C(=O)CNC=O)[C@H](/C=C(\C)C(=O)O)C(C)C. The number of piperidine rings is 1. The number of carbonyl (C=O) groups is 3. The molecule has 0 radical (unpaired) electrons. The van der Waals surface area contributed by atoms with Crippen molar-refractivity contribution in [2.24, 2.45) is 11.8 Å². The molecule has 0 aromatic rings. The maximum Gasteiger partial charge on any atom is 0.331 e. The van der Waals surface area contributed by atoms with E-state index in [0.717, 1.165) is 12.0 Å². The number of carboxylic acids is 1. The molecule has 1 fully saturated rings. The first-order valence-corrected chi connectivity index (χ1v) is 12.0. The zero-order valence-electron chi connectivity index (χ0n) is 22.0. The van der Waals surface area contributed by atoms with Gasteiger partial charge in [-0.3, -0.25) is 9.59 Å². The molecular formula is C25H49N3O4. The summed E-state index contributed by atoms with van der Waals surface area (Å²) in [5.41, 5.74) is 0.202. The third-order valence-corrected chi connectivity index (χ3v) is 4.92. The lowest BCUT2D eigenvalue weighted by Gasteiger charge is -2.32. The van der Waals surface area contributed by atoms with Gasteiger partial charge in [-0.05, 0) is 65.5 Å². The molecule has 2 amide bonds. The predicted octanol–water partition coefficient (Wildman–Crippen LogP) is 4.18. The third kappa shape index (κ3) is 15.8. The average Bonchev–Trinajstić information content (AvgIpc) is 2.72. The van der Waals surface area contributed by atoms with E-state index in [1.807, 2.05) is 20.8 Å². The van der Waals surface area contributed by atoms with Crippen molar-refractivity contribution in [3.8, 4) is 0 Å². The van der Waals surface area contributed by atoms with E-state index in [0.29, 0.717) is 13.0 Å². The molecule has 7 nitrogen and oxygen atoms in total. The van der Waals surface area contributed by atoms with Crippen molar-refractivity contribution in [3.05, 3.63) is 11.6 Å². The van der Waals surface area contributed by atoms with Gasteiger partial charge in [0.2, 0.25) is 12.3 Å². The average molecular weight is 456 g/mol. The van der Waals surface area contributed by atoms with Gasteiger partial charge in [0.15, 0.2) is 0 Å². The highest BCUT2D eigenvalue weighted by atomic mass is 16.4. The van der Waals surface area contributed by atoms with Crippen LogP contribution in [-0.2, 0) is 14.4 Å². The monoisotopic (exact) mass is 455 g/mol. The van der Waals surface area contributed by atoms with Crippen molar-refractivity contribution in [2.45, 2.75) is 93.7 Å². The van der Waals surface area contributed by atoms with Crippen LogP contribution in [0.1, 0.15) is 81.6 Å². The van der Waals surface area contributed by atoms with Crippen LogP contribution in [-0.4, -0.2) is 71.5 Å². The molecule has 0 saturated carbocycles. The van der Waals surface area contributed by atoms with Gasteiger partial charge in [0, 0.05) is 18.2 Å². The fourth-order valence-electron chi connectivity index (χ4n) is 3.19. The van der Waals surface area contributed by atoms with Crippen molar-refractivity contribution in [1.29, 1.82) is 0 Å². The first kappa shape index (κ1) is 32.3. The van der Waals surface area contributed by atoms with Gasteiger partial charge in [0.05, 0.1) is 12.6 Å². The van der Waals surface area contributed by atoms with Crippen LogP contribution in [0.4, 0.5) is 0 Å². The fourth-order valence-corrected chi connectivity index (χ4v) is 3.19. The van der Waals surface area contributed by atoms with Gasteiger partial charge in [-0.2, -0.15) is 0 Å². The van der Waals surface area contributed by atoms with Crippen LogP contribution in [0.25, 0.3) is 0 Å². The van der Waals surface area contributed by atoms with Crippen LogP contribution in [0, 0.1) is 11.8 Å². The molecule has 0 aromatic carbocycles. The lowest BCUT2D eigenvalue weighted by Crippen LogP contribution is -2.46. The number of rotatable bonds is 9. The van der Waals surface area contributed by atoms with Gasteiger partial charge in [-0.1, -0.05) is 47.1 Å². The molecule has 0 unspecified atom stereocenters. The molecule has 1 heterocycles. The van der Waals surface area contributed by atoms with Crippen LogP contribution in [0.2, 0.25) is 0 Å². The van der Waals surface area contributed by atoms with Crippen LogP contribution in [0.5, 0.6) is 0 Å². The first-order valence-electron chi connectivity index (χ1n) is 12.0. The Morgan fingerprint density at radius 1 is 1.03 bits per heavy atom. The number of nitrogens with zero attached hydrogens (tertiary/aromatic N) is 2. The van der Waals surface area contributed by atoms with E-state index >= 15 is 0 Å². The number of likely N-dealkylation sites (tertiary alicyclic amines) is 1. The number of hydrogen-bond donors (Lipinski definition) is 2. The summed E-state index contributed by atoms with van der Waals surface area (Å²) >= 11 is 0. The molecule has 1 aliphatic rings. The lowest BCUT2D eigenvalue weighted by atomic mass is 9.99. The zero-order chi connectivity index (χ0) is 25.3. The number of carboxylic acid groups (broad SMARTS) is 1. The summed E-state index contributed by atoms with van der Waals surface area (Å²) in [6.07, 6.45) is 6.32. The van der Waals surface area contributed by atoms with Gasteiger partial charge in [-0.15, -0.1) is 0 Å². The van der Waals surface area contributed by atoms with E-state index in [1.54, 1.807) is 11.0 Å². The lowest BCUT2D eigenvalue weighted by molar-refractivity contribution is -0.134. The topological polar surface area (TPSA) is 90.0 Å². The van der Waals surface area contributed by atoms with Crippen LogP contribution >= 0.6 is 0 Å². The molecular weight excluding hydrogens is 406 g/mol. The minimum atomic E-state index is -1.000. The van der Waals surface area contributed by atoms with E-state index in [-0.39, 0.29) is 30.0 Å². The summed E-state index contributed by atoms with van der Waals surface area (Å²) in [4.78, 5) is 37.2. The first-order chi connectivity index (χ1) is 14.9. The third-order valence-electron chi connectivity index (χ3n) is 4.92. The number of aliphatic carboxylic acids is 1. The van der Waals surface area contributed by atoms with Crippen molar-refractivity contribution in [3.63, 3.8) is 0 Å². The Kier molecular flexibility index (Phi) is 18.8. The number of nitrogens with one attached hydrogen (secondary N) is 1. The van der Waals surface area contributed by atoms with Gasteiger partial charge in [0.25, 0.3) is 0 Å². The van der Waals surface area contributed by atoms with Crippen LogP contribution in [0.3, 0.4) is 0 Å². The molecule has 2 N–H and O–H groups in total. The molecule has 0 aliphatic carbocycles. The zero-order valence-corrected chi connectivity index (χ0v) is 22.0. The minimum absolute atomic E-state index is 0.0782. The number of hydrogen-bond acceptors (Lipinski definition) is 4. The van der Waals surface area contributed by atoms with Crippen LogP contribution in [0.15, 0.2) is 11.6 Å². The van der Waals surface area contributed by atoms with Gasteiger partial charge < -0.3 is 20.2 Å². The standard InChI is InChI=1S/C13H22N2O4.C8H17N.C4H10/c1-5-15(12(17)7-14-8-16)11(9(2)3)6-10(4)13(18)19;1-8(2)9-6-4-3-5-7-9;1-4(2)3/h6,8-9,11H,5,7H2,1-4H3,(H,14,16)(H,18,19);8H,3-7H2,1-2H3;4H,1-3H3/b10-6+;;/t11-;;/m1../s1. The number of likely N-dealkylation sites (N-methyl/N-ethyl adjacent to an activating group) is 1. The molecule has 1 atom stereocenters. The second-order valence-electron chi connectivity index (χ2n) is 9.49. The summed E-state index contributed by atoms with van der Waals surface area (Å²) in [7, 11) is 0. The maximum absolute atomic E-state index is 12.0. The van der Waals surface area contributed by atoms with Crippen molar-refractivity contribution in [1.82, 2.24) is 15.1 Å². The summed E-state index contributed by atoms with van der Waals surface area (Å²) in [6.45, 7) is 21.2. The Balaban J connectivity index is 0. The summed E-state index contributed by atoms with van der Waals surface area (Å²) < 4.78 is 0. The molecule has 0 aromatic heterocycles. The largest absolute Gasteiger partial charge is 0.478 e. The van der Waals surface area contributed by atoms with Crippen molar-refractivity contribution < 1.29 is 19.5 Å². The van der Waals surface area contributed by atoms with Gasteiger partial charge in [-0.25, -0.2) is 4.79 Å². The van der Waals surface area contributed by atoms with Gasteiger partial charge >= 0.3 is 5.97 Å². The second-order valence-corrected chi connectivity index (χ2v) is 9.49. The second kappa shape index (κ2) is 18.7. The van der Waals surface area contributed by atoms with Crippen molar-refractivity contribution in [2.75, 3.05) is 26.2 Å². The summed E-state index contributed by atoms with van der Waals surface area (Å²) in [5, 5.41) is 11.2. The Labute approximate surface area is 196 Å². The predicted molar refractivity (Wildman–Crippen MR) is 133 cm³/mol. The minimum Gasteiger partial charge on any atom is -0.478 e. The number of amides is 2. The Morgan fingerprint density at radius 3 is 1.84 bits per heavy atom. The van der Waals surface area contributed by atoms with E-state index in [9.17, 15) is 14.4 Å². The van der Waals surface area contributed by atoms with Gasteiger partial charge in [0.1, 0.15) is 0 Å². The molecule has 32 heavy (non-hydrogen) atoms. The van der Waals surface area contributed by atoms with E-state index < -0.39 is 5.97 Å². The van der Waals surface area contributed by atoms with E-state index in [1.165, 1.54) is 39.3 Å². The highest BCUT2D eigenvalue weighted by Crippen LogP contribution is 2.15. The molecule has 1 rings (SSSR count). The maximum atomic E-state index is 12.0. The smallest absolute Gasteiger partial charge is 0.331 e. The fraction of sp³-hybridized carbons (Fsp3) is 0.800. The van der Waals surface area contributed by atoms with Crippen molar-refractivity contribution >= 4 is 18.3 Å². The summed E-state index contributed by atoms with van der Waals surface area (Å²) in [5.74, 6) is -0.322. The summed E-state index contributed by atoms with van der Waals surface area (Å²) in [6, 6.07) is 0.465. The quantitative estimate of drug-likeness (QED) is 0.402. The normalized spacial score (nSPS) is 15.3. The molecule has 7 heteroatoms. The molecule has 188 valence electrons. The van der Waals surface area contributed by atoms with E-state index in [2.05, 4.69) is 44.8 Å². The number of carbonyl (C=O) groups excluding carboxylic acids is 2. The Morgan fingerprint density at radius 2 is 1.53 bits per heavy atom. The van der Waals surface area contributed by atoms with Crippen LogP contribution < -0.4 is 5.32 Å². The highest BCUT2D eigenvalue weighted by molar-refractivity contribution is 5.86. The molecule has 0 spiro atoms. The Bertz CT molecular complexity index is 551. The molecule has 0 bridgehead atoms.